The maximum absolute atomic E-state index is 18.3. The van der Waals surface area contributed by atoms with E-state index in [0.29, 0.717) is 70.4 Å². The number of ether oxygens (including phenoxy) is 5. The molecule has 382 valence electrons. The van der Waals surface area contributed by atoms with Crippen LogP contribution >= 0.6 is 23.2 Å². The van der Waals surface area contributed by atoms with Crippen LogP contribution in [0, 0.1) is 34.8 Å². The van der Waals surface area contributed by atoms with Crippen LogP contribution in [0.5, 0.6) is 17.4 Å². The lowest BCUT2D eigenvalue weighted by atomic mass is 9.79. The second kappa shape index (κ2) is 19.9. The number of hydrogen-bond acceptors (Lipinski definition) is 11. The summed E-state index contributed by atoms with van der Waals surface area (Å²) < 4.78 is 65.7. The molecule has 6 heterocycles. The van der Waals surface area contributed by atoms with Gasteiger partial charge in [-0.25, -0.2) is 23.5 Å². The van der Waals surface area contributed by atoms with Gasteiger partial charge in [-0.3, -0.25) is 4.79 Å². The van der Waals surface area contributed by atoms with Crippen molar-refractivity contribution in [1.82, 2.24) is 24.3 Å². The van der Waals surface area contributed by atoms with Gasteiger partial charge >= 0.3 is 6.09 Å². The number of benzene rings is 3. The van der Waals surface area contributed by atoms with Crippen molar-refractivity contribution in [1.29, 1.82) is 5.26 Å². The Morgan fingerprint density at radius 3 is 2.47 bits per heavy atom. The van der Waals surface area contributed by atoms with Crippen molar-refractivity contribution >= 4 is 57.0 Å². The fourth-order valence-corrected chi connectivity index (χ4v) is 11.5. The number of hydrogen-bond donors (Lipinski definition) is 1. The quantitative estimate of drug-likeness (QED) is 0.104. The Labute approximate surface area is 431 Å². The number of carbonyl (C=O) groups is 2. The summed E-state index contributed by atoms with van der Waals surface area (Å²) in [5, 5.41) is 22.6. The van der Waals surface area contributed by atoms with Gasteiger partial charge in [0.25, 0.3) is 0 Å². The molecule has 3 aromatic heterocycles. The van der Waals surface area contributed by atoms with Crippen molar-refractivity contribution < 1.29 is 47.2 Å². The van der Waals surface area contributed by atoms with Crippen LogP contribution in [-0.4, -0.2) is 92.6 Å². The summed E-state index contributed by atoms with van der Waals surface area (Å²) in [5.41, 5.74) is 2.67. The number of nitriles is 1. The van der Waals surface area contributed by atoms with Gasteiger partial charge in [-0.05, 0) is 94.8 Å². The number of fused-ring (bicyclic) bond motifs is 4. The normalized spacial score (nSPS) is 21.8. The molecule has 73 heavy (non-hydrogen) atoms. The zero-order valence-corrected chi connectivity index (χ0v) is 42.8. The molecule has 3 aromatic carbocycles. The van der Waals surface area contributed by atoms with Gasteiger partial charge in [0, 0.05) is 64.9 Å². The van der Waals surface area contributed by atoms with Gasteiger partial charge in [-0.15, -0.1) is 0 Å². The van der Waals surface area contributed by atoms with Gasteiger partial charge in [0.1, 0.15) is 23.0 Å². The second-order valence-electron chi connectivity index (χ2n) is 20.4. The number of amides is 2. The Balaban J connectivity index is 1.24. The van der Waals surface area contributed by atoms with Crippen molar-refractivity contribution in [3.8, 4) is 34.6 Å². The number of halogens is 4. The summed E-state index contributed by atoms with van der Waals surface area (Å²) in [7, 11) is 3.00. The van der Waals surface area contributed by atoms with Crippen molar-refractivity contribution in [2.75, 3.05) is 27.4 Å². The lowest BCUT2D eigenvalue weighted by Gasteiger charge is -2.41. The van der Waals surface area contributed by atoms with Gasteiger partial charge < -0.3 is 43.2 Å². The molecule has 0 radical (unpaired) electrons. The van der Waals surface area contributed by atoms with Crippen LogP contribution in [0.25, 0.3) is 32.9 Å². The van der Waals surface area contributed by atoms with E-state index in [4.69, 9.17) is 51.9 Å². The minimum atomic E-state index is -0.916. The molecule has 6 aromatic rings. The molecular weight excluding hydrogens is 982 g/mol. The minimum Gasteiger partial charge on any atom is -0.497 e. The predicted octanol–water partition coefficient (Wildman–Crippen LogP) is 11.3. The van der Waals surface area contributed by atoms with Crippen LogP contribution in [0.3, 0.4) is 0 Å². The largest absolute Gasteiger partial charge is 0.497 e. The number of aliphatic hydroxyl groups excluding tert-OH is 1. The minimum absolute atomic E-state index is 0.00426. The van der Waals surface area contributed by atoms with Gasteiger partial charge in [-0.1, -0.05) is 47.5 Å². The summed E-state index contributed by atoms with van der Waals surface area (Å²) in [6, 6.07) is 17.4. The van der Waals surface area contributed by atoms with Crippen molar-refractivity contribution in [2.24, 2.45) is 11.8 Å². The first-order valence-electron chi connectivity index (χ1n) is 24.6. The first kappa shape index (κ1) is 50.3. The molecule has 7 atom stereocenters. The zero-order valence-electron chi connectivity index (χ0n) is 41.3. The molecule has 5 fully saturated rings. The van der Waals surface area contributed by atoms with Gasteiger partial charge in [-0.2, -0.15) is 5.26 Å². The van der Waals surface area contributed by atoms with E-state index in [1.807, 2.05) is 64.1 Å². The first-order chi connectivity index (χ1) is 35.0. The van der Waals surface area contributed by atoms with Gasteiger partial charge in [0.15, 0.2) is 17.4 Å². The average molecular weight is 1040 g/mol. The van der Waals surface area contributed by atoms with E-state index in [2.05, 4.69) is 15.6 Å². The number of carbonyl (C=O) groups excluding carboxylic acids is 2. The van der Waals surface area contributed by atoms with Crippen LogP contribution in [-0.2, 0) is 27.3 Å². The number of nitrogens with zero attached hydrogens (tertiary/aromatic N) is 6. The molecule has 2 amide bonds. The molecule has 3 saturated heterocycles. The zero-order chi connectivity index (χ0) is 51.6. The van der Waals surface area contributed by atoms with Crippen molar-refractivity contribution in [3.05, 3.63) is 111 Å². The average Bonchev–Trinajstić information content (AvgIpc) is 3.65. The smallest absolute Gasteiger partial charge is 0.410 e. The highest BCUT2D eigenvalue weighted by molar-refractivity contribution is 6.43. The molecule has 2 saturated carbocycles. The molecule has 0 spiro atoms. The Morgan fingerprint density at radius 2 is 1.78 bits per heavy atom. The second-order valence-corrected chi connectivity index (χ2v) is 21.2. The molecule has 18 heteroatoms. The summed E-state index contributed by atoms with van der Waals surface area (Å²) in [4.78, 5) is 41.4. The van der Waals surface area contributed by atoms with Crippen molar-refractivity contribution in [3.63, 3.8) is 0 Å². The number of rotatable bonds is 15. The molecule has 14 nitrogen and oxygen atoms in total. The Kier molecular flexibility index (Phi) is 13.7. The summed E-state index contributed by atoms with van der Waals surface area (Å²) in [6.07, 6.45) is 1.16. The molecule has 5 aliphatic rings. The number of likely N-dealkylation sites (tertiary alicyclic amines) is 1. The number of aryl methyl sites for hydroxylation is 1. The topological polar surface area (TPSA) is 162 Å². The van der Waals surface area contributed by atoms with E-state index in [1.54, 1.807) is 35.1 Å². The maximum atomic E-state index is 18.3. The van der Waals surface area contributed by atoms with Crippen LogP contribution in [0.15, 0.2) is 66.9 Å². The van der Waals surface area contributed by atoms with E-state index in [1.165, 1.54) is 13.2 Å². The summed E-state index contributed by atoms with van der Waals surface area (Å²) >= 11 is 13.4. The fraction of sp³-hybridized carbons (Fsp3) is 0.436. The molecule has 11 rings (SSSR count). The van der Waals surface area contributed by atoms with Crippen LogP contribution < -0.4 is 14.2 Å². The number of methoxy groups -OCH3 is 2. The van der Waals surface area contributed by atoms with Crippen LogP contribution in [0.1, 0.15) is 101 Å². The number of pyridine rings is 2. The summed E-state index contributed by atoms with van der Waals surface area (Å²) in [6.45, 7) is 7.34. The molecule has 2 aliphatic carbocycles. The van der Waals surface area contributed by atoms with Crippen molar-refractivity contribution in [2.45, 2.75) is 115 Å². The molecular formula is C55H56Cl2F2N6O8. The van der Waals surface area contributed by atoms with Gasteiger partial charge in [0.2, 0.25) is 11.8 Å². The van der Waals surface area contributed by atoms with Crippen LogP contribution in [0.4, 0.5) is 13.6 Å². The highest BCUT2D eigenvalue weighted by Gasteiger charge is 2.58. The number of aliphatic hydroxyl groups is 1. The van der Waals surface area contributed by atoms with E-state index < -0.39 is 60.3 Å². The number of aromatic nitrogens is 3. The monoisotopic (exact) mass is 1040 g/mol. The standard InChI is InChI=1S/C55H56Cl2F2N6O8/c1-28(71-27-29-12-16-33(69-5)17-13-29)49-36-21-39(40-22-44(42(26-66)64(40)53(67)30-14-15-30)72-43-23-45(70-6)61-24-38(43)58)65(51-32-20-41(51)63(25-32)54(68)73-55(2,3)4)52(36)35-19-31(9-8-18-60)46(48(59)50(35)62-49)34-10-7-11-37(56)47(34)57/h7,10-13,16-17,19,21,23-24,28,30,32,40-42,44,51,66H,8-9,14-15,20,22,25-27H2,1-6H3/t28-,32-,40-,41-,42-,44+,51+/m1/s1. The fourth-order valence-electron chi connectivity index (χ4n) is 11.1. The SMILES string of the molecule is COc1ccc(CO[C@H](C)c2nc3c(F)c(-c4cccc(Cl)c4Cl)c(CCC#N)cc3c3c2cc([C@H]2C[C@H](Oc4cc(OC)ncc4F)[C@@H](CO)N2C(=O)C2CC2)n3[C@H]2[C@@H]3C[C@H]2N(C(=O)OC(C)(C)C)C3)cc1. The molecule has 1 N–H and O–H groups in total. The molecule has 3 aliphatic heterocycles. The van der Waals surface area contributed by atoms with Crippen LogP contribution in [0.2, 0.25) is 10.0 Å². The summed E-state index contributed by atoms with van der Waals surface area (Å²) in [5.74, 6) is -1.37. The highest BCUT2D eigenvalue weighted by Crippen LogP contribution is 2.55. The Hall–Kier alpha value is -6.25. The van der Waals surface area contributed by atoms with Gasteiger partial charge in [0.05, 0.1) is 91.2 Å². The lowest BCUT2D eigenvalue weighted by molar-refractivity contribution is -0.137. The van der Waals surface area contributed by atoms with E-state index in [-0.39, 0.29) is 82.4 Å². The highest BCUT2D eigenvalue weighted by atomic mass is 35.5. The predicted molar refractivity (Wildman–Crippen MR) is 270 cm³/mol. The molecule has 0 unspecified atom stereocenters. The third kappa shape index (κ3) is 9.27. The third-order valence-electron chi connectivity index (χ3n) is 14.7. The lowest BCUT2D eigenvalue weighted by Crippen LogP contribution is -2.47. The third-order valence-corrected chi connectivity index (χ3v) is 15.5. The van der Waals surface area contributed by atoms with E-state index in [9.17, 15) is 20.0 Å². The Morgan fingerprint density at radius 1 is 1.01 bits per heavy atom. The molecule has 2 bridgehead atoms. The van der Waals surface area contributed by atoms with E-state index >= 15 is 8.78 Å². The first-order valence-corrected chi connectivity index (χ1v) is 25.3. The maximum Gasteiger partial charge on any atom is 0.410 e. The van der Waals surface area contributed by atoms with E-state index in [0.717, 1.165) is 11.8 Å². The Bertz CT molecular complexity index is 3170.